The minimum absolute atomic E-state index is 0.0963. The summed E-state index contributed by atoms with van der Waals surface area (Å²) in [7, 11) is 0. The summed E-state index contributed by atoms with van der Waals surface area (Å²) in [5, 5.41) is 8.46. The van der Waals surface area contributed by atoms with Crippen molar-refractivity contribution in [1.82, 2.24) is 10.3 Å². The molecule has 0 radical (unpaired) electrons. The van der Waals surface area contributed by atoms with E-state index in [1.165, 1.54) is 16.5 Å². The van der Waals surface area contributed by atoms with Gasteiger partial charge in [0, 0.05) is 36.0 Å². The van der Waals surface area contributed by atoms with Gasteiger partial charge in [-0.3, -0.25) is 4.79 Å². The largest absolute Gasteiger partial charge is 0.361 e. The Labute approximate surface area is 140 Å². The molecule has 1 unspecified atom stereocenters. The molecule has 0 aliphatic carbocycles. The Kier molecular flexibility index (Phi) is 5.13. The minimum Gasteiger partial charge on any atom is -0.361 e. The summed E-state index contributed by atoms with van der Waals surface area (Å²) >= 11 is 1.68. The van der Waals surface area contributed by atoms with Crippen LogP contribution in [0, 0.1) is 0 Å². The first kappa shape index (κ1) is 15.8. The van der Waals surface area contributed by atoms with Crippen LogP contribution in [0.4, 0.5) is 0 Å². The number of benzene rings is 1. The fourth-order valence-electron chi connectivity index (χ4n) is 2.93. The highest BCUT2D eigenvalue weighted by Gasteiger charge is 2.21. The van der Waals surface area contributed by atoms with Crippen molar-refractivity contribution in [2.24, 2.45) is 0 Å². The summed E-state index contributed by atoms with van der Waals surface area (Å²) < 4.78 is 0. The quantitative estimate of drug-likeness (QED) is 0.609. The van der Waals surface area contributed by atoms with E-state index in [0.717, 1.165) is 24.9 Å². The number of amides is 1. The first-order chi connectivity index (χ1) is 11.3. The number of carbonyl (C=O) groups is 1. The Hall–Kier alpha value is -2.07. The number of thiophene rings is 1. The number of rotatable bonds is 7. The average molecular weight is 326 g/mol. The Morgan fingerprint density at radius 2 is 2.17 bits per heavy atom. The van der Waals surface area contributed by atoms with Crippen LogP contribution in [0.5, 0.6) is 0 Å². The maximum absolute atomic E-state index is 12.3. The summed E-state index contributed by atoms with van der Waals surface area (Å²) in [6.45, 7) is 2.89. The summed E-state index contributed by atoms with van der Waals surface area (Å²) in [5.41, 5.74) is 3.53. The summed E-state index contributed by atoms with van der Waals surface area (Å²) in [6, 6.07) is 10.4. The highest BCUT2D eigenvalue weighted by Crippen LogP contribution is 2.34. The standard InChI is InChI=1S/C19H22N2OS/c1-2-3-9-20-19(22)11-16(14-8-10-23-13-14)17-12-21-18-7-5-4-6-15(17)18/h4-8,10,12-13,16,21H,2-3,9,11H2,1H3,(H,20,22). The number of carbonyl (C=O) groups excluding carboxylic acids is 1. The lowest BCUT2D eigenvalue weighted by Gasteiger charge is -2.15. The van der Waals surface area contributed by atoms with Gasteiger partial charge in [0.1, 0.15) is 0 Å². The van der Waals surface area contributed by atoms with E-state index in [1.807, 2.05) is 18.3 Å². The topological polar surface area (TPSA) is 44.9 Å². The van der Waals surface area contributed by atoms with E-state index in [1.54, 1.807) is 11.3 Å². The number of H-pyrrole nitrogens is 1. The summed E-state index contributed by atoms with van der Waals surface area (Å²) in [5.74, 6) is 0.221. The highest BCUT2D eigenvalue weighted by atomic mass is 32.1. The monoisotopic (exact) mass is 326 g/mol. The predicted molar refractivity (Wildman–Crippen MR) is 97.0 cm³/mol. The molecule has 3 aromatic rings. The molecule has 0 bridgehead atoms. The number of nitrogens with one attached hydrogen (secondary N) is 2. The van der Waals surface area contributed by atoms with E-state index < -0.39 is 0 Å². The molecule has 2 aromatic heterocycles. The molecular weight excluding hydrogens is 304 g/mol. The number of unbranched alkanes of at least 4 members (excludes halogenated alkanes) is 1. The number of aromatic nitrogens is 1. The maximum Gasteiger partial charge on any atom is 0.220 e. The van der Waals surface area contributed by atoms with Gasteiger partial charge < -0.3 is 10.3 Å². The molecule has 2 N–H and O–H groups in total. The molecule has 0 aliphatic heterocycles. The Morgan fingerprint density at radius 3 is 2.96 bits per heavy atom. The molecule has 3 nitrogen and oxygen atoms in total. The molecule has 3 rings (SSSR count). The van der Waals surface area contributed by atoms with Gasteiger partial charge in [-0.05, 0) is 40.4 Å². The molecule has 1 amide bonds. The average Bonchev–Trinajstić information content (AvgIpc) is 3.23. The van der Waals surface area contributed by atoms with Gasteiger partial charge in [0.25, 0.3) is 0 Å². The molecule has 0 saturated carbocycles. The zero-order chi connectivity index (χ0) is 16.1. The molecule has 2 heterocycles. The van der Waals surface area contributed by atoms with Crippen molar-refractivity contribution < 1.29 is 4.79 Å². The van der Waals surface area contributed by atoms with Crippen LogP contribution < -0.4 is 5.32 Å². The van der Waals surface area contributed by atoms with Gasteiger partial charge >= 0.3 is 0 Å². The van der Waals surface area contributed by atoms with Crippen molar-refractivity contribution in [3.8, 4) is 0 Å². The molecule has 0 spiro atoms. The third-order valence-electron chi connectivity index (χ3n) is 4.18. The lowest BCUT2D eigenvalue weighted by molar-refractivity contribution is -0.121. The molecule has 0 saturated heterocycles. The van der Waals surface area contributed by atoms with Crippen LogP contribution in [0.15, 0.2) is 47.3 Å². The zero-order valence-corrected chi connectivity index (χ0v) is 14.2. The normalized spacial score (nSPS) is 12.4. The second-order valence-electron chi connectivity index (χ2n) is 5.81. The second-order valence-corrected chi connectivity index (χ2v) is 6.59. The van der Waals surface area contributed by atoms with E-state index in [9.17, 15) is 4.79 Å². The third kappa shape index (κ3) is 3.64. The van der Waals surface area contributed by atoms with E-state index in [4.69, 9.17) is 0 Å². The predicted octanol–water partition coefficient (Wildman–Crippen LogP) is 4.67. The van der Waals surface area contributed by atoms with Gasteiger partial charge in [-0.15, -0.1) is 0 Å². The number of fused-ring (bicyclic) bond motifs is 1. The summed E-state index contributed by atoms with van der Waals surface area (Å²) in [4.78, 5) is 15.7. The van der Waals surface area contributed by atoms with Crippen LogP contribution in [-0.4, -0.2) is 17.4 Å². The van der Waals surface area contributed by atoms with Gasteiger partial charge in [0.15, 0.2) is 0 Å². The van der Waals surface area contributed by atoms with E-state index in [2.05, 4.69) is 46.2 Å². The molecule has 4 heteroatoms. The van der Waals surface area contributed by atoms with Crippen LogP contribution in [-0.2, 0) is 4.79 Å². The van der Waals surface area contributed by atoms with Crippen LogP contribution in [0.3, 0.4) is 0 Å². The number of hydrogen-bond acceptors (Lipinski definition) is 2. The van der Waals surface area contributed by atoms with Crippen LogP contribution in [0.25, 0.3) is 10.9 Å². The van der Waals surface area contributed by atoms with Crippen LogP contribution in [0.1, 0.15) is 43.2 Å². The first-order valence-corrected chi connectivity index (χ1v) is 9.08. The van der Waals surface area contributed by atoms with E-state index >= 15 is 0 Å². The first-order valence-electron chi connectivity index (χ1n) is 8.14. The van der Waals surface area contributed by atoms with Gasteiger partial charge in [0.05, 0.1) is 0 Å². The number of para-hydroxylation sites is 1. The lowest BCUT2D eigenvalue weighted by Crippen LogP contribution is -2.26. The fraction of sp³-hybridized carbons (Fsp3) is 0.316. The van der Waals surface area contributed by atoms with Crippen molar-refractivity contribution in [1.29, 1.82) is 0 Å². The summed E-state index contributed by atoms with van der Waals surface area (Å²) in [6.07, 6.45) is 4.66. The van der Waals surface area contributed by atoms with Crippen molar-refractivity contribution in [2.45, 2.75) is 32.1 Å². The van der Waals surface area contributed by atoms with E-state index in [-0.39, 0.29) is 11.8 Å². The molecule has 23 heavy (non-hydrogen) atoms. The Bertz CT molecular complexity index is 761. The SMILES string of the molecule is CCCCNC(=O)CC(c1ccsc1)c1c[nH]c2ccccc12. The van der Waals surface area contributed by atoms with Gasteiger partial charge in [-0.25, -0.2) is 0 Å². The van der Waals surface area contributed by atoms with Crippen molar-refractivity contribution in [3.05, 3.63) is 58.4 Å². The van der Waals surface area contributed by atoms with Gasteiger partial charge in [-0.1, -0.05) is 31.5 Å². The third-order valence-corrected chi connectivity index (χ3v) is 4.89. The zero-order valence-electron chi connectivity index (χ0n) is 13.3. The van der Waals surface area contributed by atoms with Gasteiger partial charge in [0.2, 0.25) is 5.91 Å². The Balaban J connectivity index is 1.86. The van der Waals surface area contributed by atoms with Crippen LogP contribution in [0.2, 0.25) is 0 Å². The second kappa shape index (κ2) is 7.47. The smallest absolute Gasteiger partial charge is 0.220 e. The van der Waals surface area contributed by atoms with Crippen LogP contribution >= 0.6 is 11.3 Å². The Morgan fingerprint density at radius 1 is 1.30 bits per heavy atom. The molecule has 120 valence electrons. The molecule has 0 fully saturated rings. The van der Waals surface area contributed by atoms with Gasteiger partial charge in [-0.2, -0.15) is 11.3 Å². The minimum atomic E-state index is 0.0963. The number of aromatic amines is 1. The number of hydrogen-bond donors (Lipinski definition) is 2. The molecule has 0 aliphatic rings. The fourth-order valence-corrected chi connectivity index (χ4v) is 3.64. The highest BCUT2D eigenvalue weighted by molar-refractivity contribution is 7.08. The van der Waals surface area contributed by atoms with Crippen molar-refractivity contribution >= 4 is 28.1 Å². The molecule has 1 aromatic carbocycles. The maximum atomic E-state index is 12.3. The lowest BCUT2D eigenvalue weighted by atomic mass is 9.89. The van der Waals surface area contributed by atoms with E-state index in [0.29, 0.717) is 6.42 Å². The van der Waals surface area contributed by atoms with Crippen molar-refractivity contribution in [3.63, 3.8) is 0 Å². The van der Waals surface area contributed by atoms with Crippen molar-refractivity contribution in [2.75, 3.05) is 6.54 Å². The molecular formula is C19H22N2OS. The molecule has 1 atom stereocenters.